The fraction of sp³-hybridized carbons (Fsp3) is 0.143. The quantitative estimate of drug-likeness (QED) is 0.471. The molecule has 0 amide bonds. The van der Waals surface area contributed by atoms with Crippen LogP contribution in [0, 0.1) is 0 Å². The molecule has 0 aromatic heterocycles. The summed E-state index contributed by atoms with van der Waals surface area (Å²) in [7, 11) is 0. The van der Waals surface area contributed by atoms with Crippen molar-refractivity contribution in [3.63, 3.8) is 0 Å². The minimum absolute atomic E-state index is 0.448. The second-order valence-electron chi connectivity index (χ2n) is 4.19. The molecule has 0 heterocycles. The number of carbonyl (C=O) groups is 2. The molecule has 1 rings (SSSR count). The van der Waals surface area contributed by atoms with E-state index in [0.29, 0.717) is 0 Å². The molecule has 118 valence electrons. The summed E-state index contributed by atoms with van der Waals surface area (Å²) in [5, 5.41) is 0. The fourth-order valence-corrected chi connectivity index (χ4v) is 1.38. The molecule has 1 aromatic carbocycles. The van der Waals surface area contributed by atoms with Gasteiger partial charge in [0.05, 0.1) is 11.1 Å². The van der Waals surface area contributed by atoms with Crippen molar-refractivity contribution in [1.29, 1.82) is 0 Å². The van der Waals surface area contributed by atoms with Gasteiger partial charge in [-0.15, -0.1) is 0 Å². The second-order valence-corrected chi connectivity index (χ2v) is 4.19. The molecule has 0 fully saturated rings. The molecule has 2 nitrogen and oxygen atoms in total. The Bertz CT molecular complexity index is 578. The van der Waals surface area contributed by atoms with Gasteiger partial charge in [0.25, 0.3) is 0 Å². The van der Waals surface area contributed by atoms with Crippen molar-refractivity contribution < 1.29 is 35.9 Å². The Hall–Kier alpha value is -2.38. The van der Waals surface area contributed by atoms with Gasteiger partial charge in [0.2, 0.25) is 0 Å². The summed E-state index contributed by atoms with van der Waals surface area (Å²) in [4.78, 5) is 22.9. The maximum absolute atomic E-state index is 12.3. The molecule has 0 spiro atoms. The van der Waals surface area contributed by atoms with Gasteiger partial charge in [0.15, 0.2) is 11.6 Å². The molecule has 0 radical (unpaired) electrons. The Kier molecular flexibility index (Phi) is 4.64. The molecular weight excluding hydrogens is 314 g/mol. The predicted octanol–water partition coefficient (Wildman–Crippen LogP) is 4.29. The van der Waals surface area contributed by atoms with Gasteiger partial charge >= 0.3 is 12.4 Å². The number of Topliss-reactive ketones (excluding diaryl/α,β-unsaturated/α-hetero) is 2. The first-order chi connectivity index (χ1) is 9.85. The van der Waals surface area contributed by atoms with Crippen molar-refractivity contribution in [2.45, 2.75) is 12.4 Å². The van der Waals surface area contributed by atoms with Crippen molar-refractivity contribution in [3.8, 4) is 0 Å². The van der Waals surface area contributed by atoms with Crippen molar-refractivity contribution in [3.05, 3.63) is 59.7 Å². The van der Waals surface area contributed by atoms with Crippen molar-refractivity contribution >= 4 is 11.6 Å². The van der Waals surface area contributed by atoms with Crippen LogP contribution in [0.5, 0.6) is 0 Å². The summed E-state index contributed by atoms with van der Waals surface area (Å²) in [6.07, 6.45) is -9.84. The van der Waals surface area contributed by atoms with Crippen LogP contribution in [0.2, 0.25) is 0 Å². The molecule has 0 aliphatic rings. The first kappa shape index (κ1) is 17.7. The van der Waals surface area contributed by atoms with Gasteiger partial charge in [0.1, 0.15) is 0 Å². The van der Waals surface area contributed by atoms with Crippen LogP contribution < -0.4 is 0 Å². The van der Waals surface area contributed by atoms with Gasteiger partial charge in [-0.1, -0.05) is 37.4 Å². The summed E-state index contributed by atoms with van der Waals surface area (Å²) in [6.45, 7) is 5.23. The number of halogens is 6. The third-order valence-electron chi connectivity index (χ3n) is 2.64. The molecule has 0 saturated heterocycles. The lowest BCUT2D eigenvalue weighted by Crippen LogP contribution is -2.20. The molecule has 0 saturated carbocycles. The summed E-state index contributed by atoms with van der Waals surface area (Å²) >= 11 is 0. The fourth-order valence-electron chi connectivity index (χ4n) is 1.38. The minimum atomic E-state index is -4.92. The number of carbonyl (C=O) groups excluding carboxylic acids is 2. The van der Waals surface area contributed by atoms with Crippen molar-refractivity contribution in [2.75, 3.05) is 0 Å². The summed E-state index contributed by atoms with van der Waals surface area (Å²) in [6, 6.07) is 3.26. The van der Waals surface area contributed by atoms with E-state index in [-0.39, 0.29) is 0 Å². The molecule has 0 bridgehead atoms. The lowest BCUT2D eigenvalue weighted by molar-refractivity contribution is -0.0895. The highest BCUT2D eigenvalue weighted by Crippen LogP contribution is 2.29. The van der Waals surface area contributed by atoms with Crippen LogP contribution in [0.4, 0.5) is 26.3 Å². The molecule has 0 unspecified atom stereocenters. The van der Waals surface area contributed by atoms with Gasteiger partial charge < -0.3 is 0 Å². The maximum Gasteiger partial charge on any atom is 0.419 e. The van der Waals surface area contributed by atoms with Gasteiger partial charge in [-0.3, -0.25) is 9.59 Å². The van der Waals surface area contributed by atoms with Crippen LogP contribution >= 0.6 is 0 Å². The molecule has 0 aliphatic heterocycles. The van der Waals surface area contributed by atoms with E-state index in [1.54, 1.807) is 0 Å². The molecule has 0 N–H and O–H groups in total. The largest absolute Gasteiger partial charge is 0.419 e. The third kappa shape index (κ3) is 3.84. The minimum Gasteiger partial charge on any atom is -0.289 e. The summed E-state index contributed by atoms with van der Waals surface area (Å²) in [5.41, 5.74) is -4.13. The molecular formula is C14H8F6O2. The molecule has 8 heteroatoms. The standard InChI is InChI=1S/C14H8F6O2/c1-7(13(15,16)17)11(21)9-3-5-10(6-4-9)12(22)8(2)14(18,19)20/h3-6H,1-2H2. The molecule has 22 heavy (non-hydrogen) atoms. The van der Waals surface area contributed by atoms with Gasteiger partial charge in [-0.05, 0) is 0 Å². The number of hydrogen-bond donors (Lipinski definition) is 0. The molecule has 0 aliphatic carbocycles. The van der Waals surface area contributed by atoms with E-state index in [9.17, 15) is 35.9 Å². The number of benzene rings is 1. The van der Waals surface area contributed by atoms with Gasteiger partial charge in [0, 0.05) is 11.1 Å². The number of alkyl halides is 6. The van der Waals surface area contributed by atoms with E-state index in [1.807, 2.05) is 0 Å². The highest BCUT2D eigenvalue weighted by molar-refractivity contribution is 6.11. The Labute approximate surface area is 120 Å². The zero-order valence-corrected chi connectivity index (χ0v) is 10.8. The number of rotatable bonds is 4. The highest BCUT2D eigenvalue weighted by Gasteiger charge is 2.38. The predicted molar refractivity (Wildman–Crippen MR) is 65.5 cm³/mol. The second kappa shape index (κ2) is 5.78. The molecule has 0 atom stereocenters. The Morgan fingerprint density at radius 3 is 1.09 bits per heavy atom. The lowest BCUT2D eigenvalue weighted by atomic mass is 9.99. The number of ketones is 2. The monoisotopic (exact) mass is 322 g/mol. The van der Waals surface area contributed by atoms with E-state index in [1.165, 1.54) is 0 Å². The van der Waals surface area contributed by atoms with Crippen LogP contribution in [-0.2, 0) is 0 Å². The van der Waals surface area contributed by atoms with Crippen molar-refractivity contribution in [2.24, 2.45) is 0 Å². The Morgan fingerprint density at radius 1 is 0.682 bits per heavy atom. The van der Waals surface area contributed by atoms with Crippen LogP contribution in [-0.4, -0.2) is 23.9 Å². The number of hydrogen-bond acceptors (Lipinski definition) is 2. The molecule has 1 aromatic rings. The lowest BCUT2D eigenvalue weighted by Gasteiger charge is -2.10. The number of allylic oxidation sites excluding steroid dienone is 2. The smallest absolute Gasteiger partial charge is 0.289 e. The van der Waals surface area contributed by atoms with E-state index in [0.717, 1.165) is 24.3 Å². The third-order valence-corrected chi connectivity index (χ3v) is 2.64. The van der Waals surface area contributed by atoms with Crippen LogP contribution in [0.15, 0.2) is 48.6 Å². The summed E-state index contributed by atoms with van der Waals surface area (Å²) in [5.74, 6) is -2.86. The van der Waals surface area contributed by atoms with Crippen LogP contribution in [0.3, 0.4) is 0 Å². The van der Waals surface area contributed by atoms with Crippen LogP contribution in [0.1, 0.15) is 20.7 Å². The van der Waals surface area contributed by atoms with E-state index in [2.05, 4.69) is 13.2 Å². The van der Waals surface area contributed by atoms with E-state index >= 15 is 0 Å². The first-order valence-electron chi connectivity index (χ1n) is 5.57. The Morgan fingerprint density at radius 2 is 0.909 bits per heavy atom. The average molecular weight is 322 g/mol. The Balaban J connectivity index is 3.02. The van der Waals surface area contributed by atoms with E-state index < -0.39 is 46.2 Å². The SMILES string of the molecule is C=C(C(=O)c1ccc(C(=O)C(=C)C(F)(F)F)cc1)C(F)(F)F. The van der Waals surface area contributed by atoms with Crippen LogP contribution in [0.25, 0.3) is 0 Å². The normalized spacial score (nSPS) is 11.9. The van der Waals surface area contributed by atoms with Gasteiger partial charge in [-0.25, -0.2) is 0 Å². The van der Waals surface area contributed by atoms with Crippen molar-refractivity contribution in [1.82, 2.24) is 0 Å². The maximum atomic E-state index is 12.3. The van der Waals surface area contributed by atoms with Gasteiger partial charge in [-0.2, -0.15) is 26.3 Å². The van der Waals surface area contributed by atoms with E-state index in [4.69, 9.17) is 0 Å². The zero-order valence-electron chi connectivity index (χ0n) is 10.8. The average Bonchev–Trinajstić information content (AvgIpc) is 2.42. The highest BCUT2D eigenvalue weighted by atomic mass is 19.4. The zero-order chi connectivity index (χ0) is 17.3. The summed E-state index contributed by atoms with van der Waals surface area (Å²) < 4.78 is 73.9. The first-order valence-corrected chi connectivity index (χ1v) is 5.57. The topological polar surface area (TPSA) is 34.1 Å².